The molecule has 9 heteroatoms. The smallest absolute Gasteiger partial charge is 0.335 e. The number of halogens is 1. The Balaban J connectivity index is 1.63. The number of nitrogens with zero attached hydrogens (tertiary/aromatic N) is 5. The van der Waals surface area contributed by atoms with Gasteiger partial charge in [-0.25, -0.2) is 14.2 Å². The van der Waals surface area contributed by atoms with Gasteiger partial charge in [-0.1, -0.05) is 6.07 Å². The Morgan fingerprint density at radius 1 is 1.23 bits per heavy atom. The number of piperazine rings is 1. The van der Waals surface area contributed by atoms with Crippen molar-refractivity contribution < 1.29 is 14.3 Å². The van der Waals surface area contributed by atoms with Crippen molar-refractivity contribution in [3.8, 4) is 11.3 Å². The molecule has 160 valence electrons. The summed E-state index contributed by atoms with van der Waals surface area (Å²) in [6.07, 6.45) is 2.56. The highest BCUT2D eigenvalue weighted by molar-refractivity contribution is 5.88. The molecule has 3 heterocycles. The predicted octanol–water partition coefficient (Wildman–Crippen LogP) is 2.39. The molecule has 1 aliphatic heterocycles. The molecule has 8 nitrogen and oxygen atoms in total. The summed E-state index contributed by atoms with van der Waals surface area (Å²) in [6.45, 7) is 3.82. The molecule has 2 aromatic heterocycles. The molecule has 0 spiro atoms. The molecule has 0 bridgehead atoms. The van der Waals surface area contributed by atoms with Crippen LogP contribution in [-0.4, -0.2) is 51.3 Å². The lowest BCUT2D eigenvalue weighted by atomic mass is 10.1. The highest BCUT2D eigenvalue weighted by atomic mass is 19.1. The van der Waals surface area contributed by atoms with Crippen LogP contribution in [0.25, 0.3) is 11.3 Å². The van der Waals surface area contributed by atoms with Crippen molar-refractivity contribution in [1.29, 1.82) is 0 Å². The fourth-order valence-electron chi connectivity index (χ4n) is 3.83. The third-order valence-corrected chi connectivity index (χ3v) is 5.50. The van der Waals surface area contributed by atoms with E-state index in [4.69, 9.17) is 0 Å². The van der Waals surface area contributed by atoms with E-state index in [1.807, 2.05) is 17.9 Å². The van der Waals surface area contributed by atoms with E-state index in [0.29, 0.717) is 25.6 Å². The lowest BCUT2D eigenvalue weighted by Gasteiger charge is -2.42. The molecule has 1 aliphatic rings. The van der Waals surface area contributed by atoms with E-state index in [9.17, 15) is 19.1 Å². The first-order chi connectivity index (χ1) is 14.8. The molecule has 31 heavy (non-hydrogen) atoms. The zero-order valence-electron chi connectivity index (χ0n) is 17.2. The van der Waals surface area contributed by atoms with Gasteiger partial charge < -0.3 is 14.9 Å². The minimum atomic E-state index is -0.965. The van der Waals surface area contributed by atoms with E-state index in [2.05, 4.69) is 14.9 Å². The maximum Gasteiger partial charge on any atom is 0.335 e. The van der Waals surface area contributed by atoms with Gasteiger partial charge in [-0.3, -0.25) is 14.3 Å². The summed E-state index contributed by atoms with van der Waals surface area (Å²) in [4.78, 5) is 36.3. The summed E-state index contributed by atoms with van der Waals surface area (Å²) >= 11 is 0. The maximum absolute atomic E-state index is 14.2. The zero-order valence-corrected chi connectivity index (χ0v) is 17.2. The number of aromatic carboxylic acids is 1. The van der Waals surface area contributed by atoms with Gasteiger partial charge in [0, 0.05) is 56.2 Å². The third kappa shape index (κ3) is 3.98. The Morgan fingerprint density at radius 2 is 2.03 bits per heavy atom. The second kappa shape index (κ2) is 8.17. The fourth-order valence-corrected chi connectivity index (χ4v) is 3.83. The van der Waals surface area contributed by atoms with Crippen molar-refractivity contribution in [2.24, 2.45) is 7.05 Å². The lowest BCUT2D eigenvalue weighted by Crippen LogP contribution is -2.53. The molecule has 3 aromatic rings. The molecule has 0 amide bonds. The molecular formula is C22H22FN5O3. The molecule has 0 aliphatic carbocycles. The summed E-state index contributed by atoms with van der Waals surface area (Å²) in [5.41, 5.74) is 1.29. The van der Waals surface area contributed by atoms with Crippen LogP contribution in [0, 0.1) is 5.82 Å². The van der Waals surface area contributed by atoms with E-state index in [-0.39, 0.29) is 28.4 Å². The van der Waals surface area contributed by atoms with Crippen LogP contribution in [0.5, 0.6) is 0 Å². The first kappa shape index (κ1) is 20.5. The molecule has 1 aromatic carbocycles. The fraction of sp³-hybridized carbons (Fsp3) is 0.273. The number of aromatic nitrogens is 3. The number of carbonyl (C=O) groups is 1. The van der Waals surface area contributed by atoms with Crippen molar-refractivity contribution in [1.82, 2.24) is 14.5 Å². The summed E-state index contributed by atoms with van der Waals surface area (Å²) in [7, 11) is 1.65. The Labute approximate surface area is 178 Å². The normalized spacial score (nSPS) is 16.4. The highest BCUT2D eigenvalue weighted by Crippen LogP contribution is 2.25. The monoisotopic (exact) mass is 423 g/mol. The lowest BCUT2D eigenvalue weighted by molar-refractivity contribution is 0.0697. The van der Waals surface area contributed by atoms with Crippen LogP contribution in [-0.2, 0) is 7.05 Å². The van der Waals surface area contributed by atoms with Crippen LogP contribution in [0.2, 0.25) is 0 Å². The van der Waals surface area contributed by atoms with Gasteiger partial charge in [-0.05, 0) is 31.2 Å². The summed E-state index contributed by atoms with van der Waals surface area (Å²) in [6, 6.07) is 9.64. The molecule has 0 saturated carbocycles. The molecule has 1 N–H and O–H groups in total. The maximum atomic E-state index is 14.2. The largest absolute Gasteiger partial charge is 0.478 e. The van der Waals surface area contributed by atoms with Crippen molar-refractivity contribution in [2.75, 3.05) is 29.4 Å². The van der Waals surface area contributed by atoms with Crippen molar-refractivity contribution in [2.45, 2.75) is 13.0 Å². The summed E-state index contributed by atoms with van der Waals surface area (Å²) in [5, 5.41) is 9.25. The Bertz CT molecular complexity index is 1200. The second-order valence-corrected chi connectivity index (χ2v) is 7.54. The van der Waals surface area contributed by atoms with Crippen LogP contribution in [0.4, 0.5) is 16.0 Å². The Morgan fingerprint density at radius 3 is 2.74 bits per heavy atom. The van der Waals surface area contributed by atoms with Gasteiger partial charge in [0.2, 0.25) is 5.95 Å². The molecule has 0 unspecified atom stereocenters. The van der Waals surface area contributed by atoms with Crippen LogP contribution in [0.1, 0.15) is 17.3 Å². The van der Waals surface area contributed by atoms with Gasteiger partial charge in [-0.2, -0.15) is 0 Å². The van der Waals surface area contributed by atoms with Crippen molar-refractivity contribution in [3.63, 3.8) is 0 Å². The first-order valence-corrected chi connectivity index (χ1v) is 9.88. The first-order valence-electron chi connectivity index (χ1n) is 9.88. The average molecular weight is 423 g/mol. The van der Waals surface area contributed by atoms with Gasteiger partial charge >= 0.3 is 5.97 Å². The van der Waals surface area contributed by atoms with Crippen molar-refractivity contribution in [3.05, 3.63) is 70.5 Å². The molecule has 1 atom stereocenters. The van der Waals surface area contributed by atoms with Gasteiger partial charge in [0.25, 0.3) is 5.56 Å². The van der Waals surface area contributed by atoms with Crippen LogP contribution in [0.3, 0.4) is 0 Å². The van der Waals surface area contributed by atoms with E-state index in [1.165, 1.54) is 22.9 Å². The topological polar surface area (TPSA) is 91.6 Å². The Hall–Kier alpha value is -3.75. The minimum Gasteiger partial charge on any atom is -0.478 e. The number of rotatable bonds is 4. The number of benzene rings is 1. The molecule has 1 fully saturated rings. The van der Waals surface area contributed by atoms with Crippen LogP contribution < -0.4 is 15.4 Å². The van der Waals surface area contributed by atoms with E-state index < -0.39 is 11.8 Å². The van der Waals surface area contributed by atoms with Gasteiger partial charge in [-0.15, -0.1) is 0 Å². The van der Waals surface area contributed by atoms with E-state index >= 15 is 0 Å². The quantitative estimate of drug-likeness (QED) is 0.689. The van der Waals surface area contributed by atoms with Crippen LogP contribution >= 0.6 is 0 Å². The summed E-state index contributed by atoms with van der Waals surface area (Å²) in [5.74, 6) is -1.04. The zero-order chi connectivity index (χ0) is 22.1. The van der Waals surface area contributed by atoms with E-state index in [1.54, 1.807) is 25.2 Å². The Kier molecular flexibility index (Phi) is 5.41. The van der Waals surface area contributed by atoms with Gasteiger partial charge in [0.15, 0.2) is 5.82 Å². The SMILES string of the molecule is C[C@@H]1CN(c2cccc(C(=O)O)c2)CCN1c1nc(-c2ccncc2F)cc(=O)n1C. The van der Waals surface area contributed by atoms with Gasteiger partial charge in [0.1, 0.15) is 0 Å². The number of carboxylic acid groups (broad SMARTS) is 1. The molecule has 4 rings (SSSR count). The van der Waals surface area contributed by atoms with E-state index in [0.717, 1.165) is 11.9 Å². The molecule has 0 radical (unpaired) electrons. The third-order valence-electron chi connectivity index (χ3n) is 5.50. The molecular weight excluding hydrogens is 401 g/mol. The minimum absolute atomic E-state index is 0.0159. The predicted molar refractivity (Wildman–Crippen MR) is 115 cm³/mol. The van der Waals surface area contributed by atoms with Gasteiger partial charge in [0.05, 0.1) is 17.5 Å². The summed E-state index contributed by atoms with van der Waals surface area (Å²) < 4.78 is 15.7. The highest BCUT2D eigenvalue weighted by Gasteiger charge is 2.27. The number of anilines is 2. The number of hydrogen-bond acceptors (Lipinski definition) is 6. The van der Waals surface area contributed by atoms with Crippen molar-refractivity contribution >= 4 is 17.6 Å². The number of hydrogen-bond donors (Lipinski definition) is 1. The van der Waals surface area contributed by atoms with Crippen LogP contribution in [0.15, 0.2) is 53.6 Å². The number of carboxylic acids is 1. The standard InChI is InChI=1S/C22H22FN5O3/c1-14-13-27(16-5-3-4-15(10-16)21(30)31)8-9-28(14)22-25-19(11-20(29)26(22)2)17-6-7-24-12-18(17)23/h3-7,10-12,14H,8-9,13H2,1-2H3,(H,30,31)/t14-/m1/s1. The number of pyridine rings is 1. The molecule has 1 saturated heterocycles. The second-order valence-electron chi connectivity index (χ2n) is 7.54. The average Bonchev–Trinajstić information content (AvgIpc) is 2.76.